The molecule has 0 spiro atoms. The lowest BCUT2D eigenvalue weighted by Gasteiger charge is -2.35. The highest BCUT2D eigenvalue weighted by molar-refractivity contribution is 5.83. The third kappa shape index (κ3) is 8.88. The highest BCUT2D eigenvalue weighted by atomic mass is 15.1. The Labute approximate surface area is 335 Å². The van der Waals surface area contributed by atoms with Gasteiger partial charge < -0.3 is 0 Å². The molecule has 290 valence electrons. The van der Waals surface area contributed by atoms with Gasteiger partial charge in [0.2, 0.25) is 5.69 Å². The third-order valence-corrected chi connectivity index (χ3v) is 13.5. The van der Waals surface area contributed by atoms with E-state index in [1.165, 1.54) is 126 Å². The van der Waals surface area contributed by atoms with E-state index in [0.29, 0.717) is 5.92 Å². The number of fused-ring (bicyclic) bond motifs is 3. The molecule has 0 fully saturated rings. The first-order valence-electron chi connectivity index (χ1n) is 22.0. The van der Waals surface area contributed by atoms with Crippen molar-refractivity contribution in [1.82, 2.24) is 0 Å². The zero-order chi connectivity index (χ0) is 39.2. The number of pyridine rings is 1. The van der Waals surface area contributed by atoms with Crippen LogP contribution in [0.15, 0.2) is 109 Å². The molecule has 4 aromatic carbocycles. The minimum atomic E-state index is 0.120. The Morgan fingerprint density at radius 1 is 0.600 bits per heavy atom. The van der Waals surface area contributed by atoms with E-state index in [9.17, 15) is 0 Å². The molecule has 2 heterocycles. The minimum absolute atomic E-state index is 0.120. The fourth-order valence-electron chi connectivity index (χ4n) is 9.58. The van der Waals surface area contributed by atoms with Crippen LogP contribution in [0.2, 0.25) is 0 Å². The fraction of sp³-hybridized carbons (Fsp3) is 0.463. The van der Waals surface area contributed by atoms with E-state index < -0.39 is 0 Å². The van der Waals surface area contributed by atoms with E-state index in [-0.39, 0.29) is 16.4 Å². The molecule has 1 aliphatic heterocycles. The summed E-state index contributed by atoms with van der Waals surface area (Å²) in [5.74, 6) is 0.686. The van der Waals surface area contributed by atoms with Crippen molar-refractivity contribution in [1.29, 1.82) is 0 Å². The van der Waals surface area contributed by atoms with Crippen LogP contribution < -0.4 is 4.57 Å². The smallest absolute Gasteiger partial charge is 0.193 e. The highest BCUT2D eigenvalue weighted by Gasteiger charge is 2.42. The number of rotatable bonds is 15. The molecular formula is C54H70N+. The predicted octanol–water partition coefficient (Wildman–Crippen LogP) is 15.5. The number of aryl methyl sites for hydroxylation is 1. The van der Waals surface area contributed by atoms with Crippen LogP contribution in [0.1, 0.15) is 150 Å². The van der Waals surface area contributed by atoms with E-state index in [0.717, 1.165) is 12.8 Å². The molecule has 0 saturated carbocycles. The SMILES string of the molecule is CCCCCC(CC)C(C)(C)c1ccc(-c2cc(-c3ccc(C(C)(C)C)cc3)cc(-c3ccc4c(c3)-c3cccc[n+]3C(CC)(CCCCC)CC4)c2)cc1. The molecule has 0 radical (unpaired) electrons. The van der Waals surface area contributed by atoms with Gasteiger partial charge in [0.1, 0.15) is 0 Å². The van der Waals surface area contributed by atoms with Gasteiger partial charge in [-0.25, -0.2) is 0 Å². The maximum absolute atomic E-state index is 2.66. The van der Waals surface area contributed by atoms with Crippen molar-refractivity contribution < 1.29 is 4.57 Å². The molecule has 1 aliphatic rings. The first kappa shape index (κ1) is 40.7. The average Bonchev–Trinajstić information content (AvgIpc) is 3.34. The molecule has 5 aromatic rings. The van der Waals surface area contributed by atoms with Crippen molar-refractivity contribution in [2.75, 3.05) is 0 Å². The van der Waals surface area contributed by atoms with Crippen molar-refractivity contribution in [3.8, 4) is 44.6 Å². The summed E-state index contributed by atoms with van der Waals surface area (Å²) in [6.07, 6.45) is 17.4. The Kier molecular flexibility index (Phi) is 12.9. The van der Waals surface area contributed by atoms with Crippen LogP contribution in [-0.4, -0.2) is 0 Å². The summed E-state index contributed by atoms with van der Waals surface area (Å²) in [5.41, 5.74) is 15.1. The normalized spacial score (nSPS) is 16.3. The van der Waals surface area contributed by atoms with E-state index in [2.05, 4.69) is 176 Å². The monoisotopic (exact) mass is 733 g/mol. The van der Waals surface area contributed by atoms with Crippen LogP contribution in [0, 0.1) is 5.92 Å². The number of hydrogen-bond donors (Lipinski definition) is 0. The van der Waals surface area contributed by atoms with Crippen molar-refractivity contribution in [3.63, 3.8) is 0 Å². The molecular weight excluding hydrogens is 663 g/mol. The van der Waals surface area contributed by atoms with E-state index in [1.54, 1.807) is 0 Å². The second kappa shape index (κ2) is 17.4. The summed E-state index contributed by atoms with van der Waals surface area (Å²) in [7, 11) is 0. The summed E-state index contributed by atoms with van der Waals surface area (Å²) in [6.45, 7) is 21.2. The Balaban J connectivity index is 1.44. The average molecular weight is 733 g/mol. The largest absolute Gasteiger partial charge is 0.213 e. The first-order valence-corrected chi connectivity index (χ1v) is 22.0. The zero-order valence-corrected chi connectivity index (χ0v) is 35.9. The minimum Gasteiger partial charge on any atom is -0.193 e. The molecule has 1 aromatic heterocycles. The Morgan fingerprint density at radius 2 is 1.18 bits per heavy atom. The van der Waals surface area contributed by atoms with Gasteiger partial charge in [-0.2, -0.15) is 4.57 Å². The van der Waals surface area contributed by atoms with Crippen LogP contribution >= 0.6 is 0 Å². The lowest BCUT2D eigenvalue weighted by molar-refractivity contribution is -0.757. The van der Waals surface area contributed by atoms with E-state index in [1.807, 2.05) is 0 Å². The molecule has 0 N–H and O–H groups in total. The molecule has 6 rings (SSSR count). The van der Waals surface area contributed by atoms with Gasteiger partial charge in [0.15, 0.2) is 11.7 Å². The van der Waals surface area contributed by atoms with Gasteiger partial charge in [-0.1, -0.05) is 162 Å². The van der Waals surface area contributed by atoms with Gasteiger partial charge in [0, 0.05) is 37.0 Å². The topological polar surface area (TPSA) is 3.88 Å². The van der Waals surface area contributed by atoms with Gasteiger partial charge >= 0.3 is 0 Å². The standard InChI is InChI=1S/C54H70N/c1-10-14-16-20-47(12-3)53(8,9)49-30-26-41(27-31-49)45-36-44(40-24-28-48(29-25-40)52(5,6)7)37-46(38-45)43-23-22-42-32-34-54(13-4,33-18-15-11-2)55-35-19-17-21-51(55)50(42)39-43/h17,19,21-31,35-39,47H,10-16,18,20,32-34H2,1-9H3/q+1. The Hall–Kier alpha value is -3.97. The van der Waals surface area contributed by atoms with E-state index >= 15 is 0 Å². The second-order valence-electron chi connectivity index (χ2n) is 18.4. The van der Waals surface area contributed by atoms with Gasteiger partial charge in [0.25, 0.3) is 0 Å². The zero-order valence-electron chi connectivity index (χ0n) is 35.9. The summed E-state index contributed by atoms with van der Waals surface area (Å²) < 4.78 is 2.66. The molecule has 0 bridgehead atoms. The molecule has 1 nitrogen and oxygen atoms in total. The number of benzene rings is 4. The second-order valence-corrected chi connectivity index (χ2v) is 18.4. The van der Waals surface area contributed by atoms with E-state index in [4.69, 9.17) is 0 Å². The molecule has 2 unspecified atom stereocenters. The highest BCUT2D eigenvalue weighted by Crippen LogP contribution is 2.41. The van der Waals surface area contributed by atoms with Crippen molar-refractivity contribution in [2.24, 2.45) is 5.92 Å². The number of hydrogen-bond acceptors (Lipinski definition) is 0. The van der Waals surface area contributed by atoms with Crippen LogP contribution in [-0.2, 0) is 22.8 Å². The number of unbranched alkanes of at least 4 members (excludes halogenated alkanes) is 4. The predicted molar refractivity (Wildman–Crippen MR) is 239 cm³/mol. The molecule has 0 aliphatic carbocycles. The van der Waals surface area contributed by atoms with Gasteiger partial charge in [0.05, 0.1) is 0 Å². The van der Waals surface area contributed by atoms with Crippen LogP contribution in [0.3, 0.4) is 0 Å². The summed E-state index contributed by atoms with van der Waals surface area (Å²) >= 11 is 0. The van der Waals surface area contributed by atoms with Crippen molar-refractivity contribution >= 4 is 0 Å². The van der Waals surface area contributed by atoms with Gasteiger partial charge in [-0.3, -0.25) is 0 Å². The molecule has 2 atom stereocenters. The maximum atomic E-state index is 2.66. The molecule has 1 heteroatoms. The lowest BCUT2D eigenvalue weighted by atomic mass is 9.70. The first-order chi connectivity index (χ1) is 26.4. The number of nitrogens with zero attached hydrogens (tertiary/aromatic N) is 1. The quantitative estimate of drug-likeness (QED) is 0.0745. The Morgan fingerprint density at radius 3 is 1.76 bits per heavy atom. The third-order valence-electron chi connectivity index (χ3n) is 13.5. The summed E-state index contributed by atoms with van der Waals surface area (Å²) in [4.78, 5) is 0. The molecule has 0 amide bonds. The maximum Gasteiger partial charge on any atom is 0.213 e. The van der Waals surface area contributed by atoms with Gasteiger partial charge in [-0.15, -0.1) is 0 Å². The molecule has 55 heavy (non-hydrogen) atoms. The van der Waals surface area contributed by atoms with Crippen LogP contribution in [0.25, 0.3) is 44.6 Å². The Bertz CT molecular complexity index is 2000. The van der Waals surface area contributed by atoms with Crippen LogP contribution in [0.4, 0.5) is 0 Å². The fourth-order valence-corrected chi connectivity index (χ4v) is 9.58. The van der Waals surface area contributed by atoms with Crippen molar-refractivity contribution in [2.45, 2.75) is 156 Å². The summed E-state index contributed by atoms with van der Waals surface area (Å²) in [6, 6.07) is 40.3. The van der Waals surface area contributed by atoms with Crippen molar-refractivity contribution in [3.05, 3.63) is 126 Å². The number of aromatic nitrogens is 1. The van der Waals surface area contributed by atoms with Crippen LogP contribution in [0.5, 0.6) is 0 Å². The lowest BCUT2D eigenvalue weighted by Crippen LogP contribution is -2.56. The molecule has 0 saturated heterocycles. The summed E-state index contributed by atoms with van der Waals surface area (Å²) in [5, 5.41) is 0. The van der Waals surface area contributed by atoms with Gasteiger partial charge in [-0.05, 0) is 116 Å².